The highest BCUT2D eigenvalue weighted by Crippen LogP contribution is 2.72. The van der Waals surface area contributed by atoms with Crippen molar-refractivity contribution in [2.24, 2.45) is 0 Å². The Labute approximate surface area is 394 Å². The minimum atomic E-state index is -4.52. The first-order valence-corrected chi connectivity index (χ1v) is 24.8. The first kappa shape index (κ1) is 48.6. The van der Waals surface area contributed by atoms with E-state index in [9.17, 15) is 18.0 Å². The van der Waals surface area contributed by atoms with Crippen LogP contribution in [0.1, 0.15) is 52.7 Å². The maximum Gasteiger partial charge on any atom is 0.344 e. The van der Waals surface area contributed by atoms with Crippen LogP contribution in [0.5, 0.6) is 17.2 Å². The van der Waals surface area contributed by atoms with E-state index in [4.69, 9.17) is 32.1 Å². The molecule has 0 aliphatic carbocycles. The van der Waals surface area contributed by atoms with Gasteiger partial charge in [0.2, 0.25) is 0 Å². The highest BCUT2D eigenvalue weighted by atomic mass is 32.3. The molecule has 11 nitrogen and oxygen atoms in total. The number of ether oxygens (including phenoxy) is 6. The van der Waals surface area contributed by atoms with E-state index in [2.05, 4.69) is 30.3 Å². The molecule has 350 valence electrons. The lowest BCUT2D eigenvalue weighted by atomic mass is 9.96. The SMILES string of the molecule is Cc1ccc(S(=O)(=O)OS(c2ccc(OCC(=O)OC(C)(C)C)cc2)(c2ccc(OCC(=O)OC(C)(C)C)cc2)c2ccccc2OCOCCc2cc3ccccc3c3ccccc23)cc1. The average molecular weight is 945 g/mol. The number of carbonyl (C=O) groups is 2. The van der Waals surface area contributed by atoms with Crippen molar-refractivity contribution in [1.29, 1.82) is 0 Å². The van der Waals surface area contributed by atoms with Gasteiger partial charge in [-0.05, 0) is 165 Å². The fourth-order valence-electron chi connectivity index (χ4n) is 7.36. The zero-order valence-corrected chi connectivity index (χ0v) is 40.4. The molecule has 0 aromatic heterocycles. The average Bonchev–Trinajstić information content (AvgIpc) is 3.29. The summed E-state index contributed by atoms with van der Waals surface area (Å²) < 4.78 is 71.2. The minimum Gasteiger partial charge on any atom is -0.482 e. The molecule has 7 aromatic carbocycles. The van der Waals surface area contributed by atoms with Crippen molar-refractivity contribution >= 4 is 53.9 Å². The Morgan fingerprint density at radius 3 is 1.60 bits per heavy atom. The smallest absolute Gasteiger partial charge is 0.344 e. The Kier molecular flexibility index (Phi) is 15.0. The third kappa shape index (κ3) is 12.3. The highest BCUT2D eigenvalue weighted by molar-refractivity contribution is 8.33. The predicted octanol–water partition coefficient (Wildman–Crippen LogP) is 11.9. The van der Waals surface area contributed by atoms with Gasteiger partial charge in [0.15, 0.2) is 20.0 Å². The van der Waals surface area contributed by atoms with Crippen molar-refractivity contribution in [3.63, 3.8) is 0 Å². The van der Waals surface area contributed by atoms with Crippen LogP contribution in [-0.4, -0.2) is 58.2 Å². The van der Waals surface area contributed by atoms with Gasteiger partial charge in [0.05, 0.1) is 16.4 Å². The molecule has 0 saturated heterocycles. The van der Waals surface area contributed by atoms with E-state index in [1.807, 2.05) is 31.2 Å². The van der Waals surface area contributed by atoms with Crippen LogP contribution in [0.2, 0.25) is 0 Å². The first-order valence-electron chi connectivity index (χ1n) is 21.8. The molecular weight excluding hydrogens is 889 g/mol. The van der Waals surface area contributed by atoms with Crippen molar-refractivity contribution in [2.75, 3.05) is 26.6 Å². The Morgan fingerprint density at radius 1 is 0.537 bits per heavy atom. The normalized spacial score (nSPS) is 12.4. The summed E-state index contributed by atoms with van der Waals surface area (Å²) >= 11 is 0. The molecule has 0 bridgehead atoms. The second kappa shape index (κ2) is 20.6. The van der Waals surface area contributed by atoms with Crippen LogP contribution >= 0.6 is 10.3 Å². The molecule has 0 atom stereocenters. The van der Waals surface area contributed by atoms with Gasteiger partial charge in [-0.25, -0.2) is 13.2 Å². The summed E-state index contributed by atoms with van der Waals surface area (Å²) in [6.07, 6.45) is 0.619. The number of hydrogen-bond donors (Lipinski definition) is 0. The number of benzene rings is 7. The van der Waals surface area contributed by atoms with E-state index in [0.717, 1.165) is 21.9 Å². The largest absolute Gasteiger partial charge is 0.482 e. The third-order valence-corrected chi connectivity index (χ3v) is 15.4. The second-order valence-corrected chi connectivity index (χ2v) is 22.2. The molecule has 0 unspecified atom stereocenters. The zero-order valence-electron chi connectivity index (χ0n) is 38.8. The van der Waals surface area contributed by atoms with Crippen LogP contribution < -0.4 is 14.2 Å². The van der Waals surface area contributed by atoms with Crippen molar-refractivity contribution in [3.8, 4) is 17.2 Å². The van der Waals surface area contributed by atoms with Crippen LogP contribution in [0, 0.1) is 6.92 Å². The summed E-state index contributed by atoms with van der Waals surface area (Å²) in [5.41, 5.74) is 0.617. The Balaban J connectivity index is 1.25. The molecule has 7 aromatic rings. The topological polar surface area (TPSA) is 133 Å². The Hall–Kier alpha value is -6.38. The van der Waals surface area contributed by atoms with Gasteiger partial charge in [0.25, 0.3) is 0 Å². The molecule has 13 heteroatoms. The lowest BCUT2D eigenvalue weighted by Gasteiger charge is -2.40. The lowest BCUT2D eigenvalue weighted by Crippen LogP contribution is -2.27. The monoisotopic (exact) mass is 944 g/mol. The van der Waals surface area contributed by atoms with Gasteiger partial charge in [0, 0.05) is 9.79 Å². The summed E-state index contributed by atoms with van der Waals surface area (Å²) in [4.78, 5) is 26.4. The Morgan fingerprint density at radius 2 is 1.03 bits per heavy atom. The maximum absolute atomic E-state index is 14.7. The van der Waals surface area contributed by atoms with E-state index < -0.39 is 43.6 Å². The molecule has 0 spiro atoms. The Bertz CT molecular complexity index is 2860. The van der Waals surface area contributed by atoms with Crippen molar-refractivity contribution in [2.45, 2.75) is 85.7 Å². The molecule has 0 radical (unpaired) electrons. The minimum absolute atomic E-state index is 0.0486. The van der Waals surface area contributed by atoms with E-state index in [1.54, 1.807) is 126 Å². The lowest BCUT2D eigenvalue weighted by molar-refractivity contribution is -0.158. The fraction of sp³-hybridized carbons (Fsp3) is 0.259. The van der Waals surface area contributed by atoms with Gasteiger partial charge in [-0.3, -0.25) is 0 Å². The molecule has 0 heterocycles. The molecule has 0 fully saturated rings. The van der Waals surface area contributed by atoms with Crippen LogP contribution in [0.15, 0.2) is 171 Å². The third-order valence-electron chi connectivity index (χ3n) is 10.2. The summed E-state index contributed by atoms with van der Waals surface area (Å²) in [5, 5.41) is 4.66. The second-order valence-electron chi connectivity index (χ2n) is 17.8. The van der Waals surface area contributed by atoms with Crippen molar-refractivity contribution < 1.29 is 50.1 Å². The molecule has 0 amide bonds. The van der Waals surface area contributed by atoms with Gasteiger partial charge in [-0.1, -0.05) is 84.4 Å². The summed E-state index contributed by atoms with van der Waals surface area (Å²) in [5.74, 6) is -0.0863. The quantitative estimate of drug-likeness (QED) is 0.0352. The molecule has 67 heavy (non-hydrogen) atoms. The molecule has 0 aliphatic heterocycles. The number of fused-ring (bicyclic) bond motifs is 3. The van der Waals surface area contributed by atoms with Crippen molar-refractivity contribution in [3.05, 3.63) is 163 Å². The number of para-hydroxylation sites is 1. The van der Waals surface area contributed by atoms with E-state index in [1.165, 1.54) is 22.9 Å². The van der Waals surface area contributed by atoms with Crippen LogP contribution in [-0.2, 0) is 44.0 Å². The number of hydrogen-bond acceptors (Lipinski definition) is 11. The number of aryl methyl sites for hydroxylation is 1. The number of rotatable bonds is 18. The molecule has 0 saturated carbocycles. The predicted molar refractivity (Wildman–Crippen MR) is 260 cm³/mol. The number of carbonyl (C=O) groups excluding carboxylic acids is 2. The van der Waals surface area contributed by atoms with Crippen LogP contribution in [0.4, 0.5) is 0 Å². The summed E-state index contributed by atoms with van der Waals surface area (Å²) in [6.45, 7) is 12.0. The number of esters is 2. The van der Waals surface area contributed by atoms with Gasteiger partial charge in [-0.2, -0.15) is 8.42 Å². The van der Waals surface area contributed by atoms with Crippen molar-refractivity contribution in [1.82, 2.24) is 0 Å². The van der Waals surface area contributed by atoms with Gasteiger partial charge in [0.1, 0.15) is 28.5 Å². The van der Waals surface area contributed by atoms with Gasteiger partial charge < -0.3 is 28.4 Å². The first-order chi connectivity index (χ1) is 31.9. The molecule has 7 rings (SSSR count). The van der Waals surface area contributed by atoms with Crippen LogP contribution in [0.25, 0.3) is 21.5 Å². The van der Waals surface area contributed by atoms with Gasteiger partial charge in [-0.15, -0.1) is 0 Å². The molecule has 0 N–H and O–H groups in total. The van der Waals surface area contributed by atoms with E-state index in [-0.39, 0.29) is 24.9 Å². The molecular formula is C54H56O11S2. The van der Waals surface area contributed by atoms with E-state index >= 15 is 0 Å². The summed E-state index contributed by atoms with van der Waals surface area (Å²) in [7, 11) is -7.84. The van der Waals surface area contributed by atoms with Gasteiger partial charge >= 0.3 is 22.1 Å². The highest BCUT2D eigenvalue weighted by Gasteiger charge is 2.41. The van der Waals surface area contributed by atoms with Crippen LogP contribution in [0.3, 0.4) is 0 Å². The standard InChI is InChI=1S/C54H56O11S2/c1-38-20-26-45(27-21-38)67(57,58)65-66(43-28-22-41(23-29-43)60-35-51(55)63-53(2,3)4,44-30-24-42(25-31-44)61-36-52(56)64-54(5,6)7)50-19-13-12-18-49(50)62-37-59-33-32-40-34-39-14-8-9-15-46(39)48-17-11-10-16-47(40)48/h8-31,34H,32-33,35-37H2,1-7H3. The fourth-order valence-corrected chi connectivity index (χ4v) is 12.6. The molecule has 0 aliphatic rings. The summed E-state index contributed by atoms with van der Waals surface area (Å²) in [6, 6.07) is 45.8. The maximum atomic E-state index is 14.7. The zero-order chi connectivity index (χ0) is 47.8. The van der Waals surface area contributed by atoms with E-state index in [0.29, 0.717) is 45.0 Å².